The number of carbonyl (C=O) groups is 1. The third-order valence-corrected chi connectivity index (χ3v) is 3.52. The molecule has 0 heterocycles. The molecular weight excluding hydrogens is 415 g/mol. The van der Waals surface area contributed by atoms with E-state index in [4.69, 9.17) is 11.6 Å². The highest BCUT2D eigenvalue weighted by Gasteiger charge is 2.15. The minimum Gasteiger partial charge on any atom is -0.433 e. The Morgan fingerprint density at radius 3 is 2.67 bits per heavy atom. The second-order valence-electron chi connectivity index (χ2n) is 3.95. The second-order valence-corrected chi connectivity index (χ2v) is 5.61. The van der Waals surface area contributed by atoms with Gasteiger partial charge in [-0.15, -0.1) is 0 Å². The number of anilines is 1. The zero-order chi connectivity index (χ0) is 15.4. The Kier molecular flexibility index (Phi) is 5.35. The lowest BCUT2D eigenvalue weighted by Gasteiger charge is -2.12. The zero-order valence-electron chi connectivity index (χ0n) is 10.4. The van der Waals surface area contributed by atoms with Gasteiger partial charge in [0.05, 0.1) is 16.3 Å². The van der Waals surface area contributed by atoms with Crippen LogP contribution in [0.2, 0.25) is 5.02 Å². The van der Waals surface area contributed by atoms with Crippen molar-refractivity contribution in [3.63, 3.8) is 0 Å². The average molecular weight is 424 g/mol. The highest BCUT2D eigenvalue weighted by Crippen LogP contribution is 2.27. The number of benzene rings is 2. The van der Waals surface area contributed by atoms with Gasteiger partial charge in [-0.25, -0.2) is 0 Å². The van der Waals surface area contributed by atoms with Crippen molar-refractivity contribution in [2.24, 2.45) is 0 Å². The molecule has 110 valence electrons. The van der Waals surface area contributed by atoms with Gasteiger partial charge in [0.25, 0.3) is 5.91 Å². The normalized spacial score (nSPS) is 10.5. The molecule has 0 saturated carbocycles. The number of nitrogens with one attached hydrogen (secondary N) is 1. The van der Waals surface area contributed by atoms with Crippen LogP contribution in [-0.2, 0) is 0 Å². The summed E-state index contributed by atoms with van der Waals surface area (Å²) in [7, 11) is 0. The minimum atomic E-state index is -2.97. The Bertz CT molecular complexity index is 667. The highest BCUT2D eigenvalue weighted by atomic mass is 127. The topological polar surface area (TPSA) is 38.3 Å². The first kappa shape index (κ1) is 16.0. The summed E-state index contributed by atoms with van der Waals surface area (Å²) in [5, 5.41) is 2.79. The van der Waals surface area contributed by atoms with Crippen LogP contribution >= 0.6 is 34.2 Å². The smallest absolute Gasteiger partial charge is 0.387 e. The van der Waals surface area contributed by atoms with E-state index < -0.39 is 12.5 Å². The van der Waals surface area contributed by atoms with Crippen LogP contribution in [0.4, 0.5) is 14.5 Å². The summed E-state index contributed by atoms with van der Waals surface area (Å²) in [5.41, 5.74) is 0.410. The fourth-order valence-corrected chi connectivity index (χ4v) is 2.32. The maximum Gasteiger partial charge on any atom is 0.387 e. The Labute approximate surface area is 138 Å². The molecule has 0 fully saturated rings. The molecule has 0 aliphatic heterocycles. The van der Waals surface area contributed by atoms with Crippen LogP contribution in [0.25, 0.3) is 0 Å². The molecule has 0 bridgehead atoms. The minimum absolute atomic E-state index is 0.109. The number of hydrogen-bond acceptors (Lipinski definition) is 2. The van der Waals surface area contributed by atoms with Crippen LogP contribution in [0.15, 0.2) is 42.5 Å². The molecule has 0 aliphatic rings. The predicted octanol–water partition coefficient (Wildman–Crippen LogP) is 4.80. The number of carbonyl (C=O) groups excluding carboxylic acids is 1. The van der Waals surface area contributed by atoms with Gasteiger partial charge in [-0.2, -0.15) is 8.78 Å². The van der Waals surface area contributed by atoms with Crippen molar-refractivity contribution in [3.05, 3.63) is 56.6 Å². The van der Waals surface area contributed by atoms with Crippen molar-refractivity contribution in [3.8, 4) is 5.75 Å². The Morgan fingerprint density at radius 1 is 1.24 bits per heavy atom. The Balaban J connectivity index is 2.25. The lowest BCUT2D eigenvalue weighted by atomic mass is 10.2. The van der Waals surface area contributed by atoms with Crippen LogP contribution in [0.5, 0.6) is 5.75 Å². The van der Waals surface area contributed by atoms with Crippen molar-refractivity contribution >= 4 is 45.8 Å². The van der Waals surface area contributed by atoms with E-state index in [1.165, 1.54) is 18.2 Å². The standard InChI is InChI=1S/C14H9ClF2INO2/c15-10-6-5-8(18)7-9(10)13(20)19-11-3-1-2-4-12(11)21-14(16)17/h1-7,14H,(H,19,20). The molecule has 7 heteroatoms. The van der Waals surface area contributed by atoms with E-state index >= 15 is 0 Å². The number of hydrogen-bond donors (Lipinski definition) is 1. The number of alkyl halides is 2. The summed E-state index contributed by atoms with van der Waals surface area (Å²) in [5.74, 6) is -0.605. The molecule has 2 aromatic carbocycles. The van der Waals surface area contributed by atoms with Gasteiger partial charge in [-0.1, -0.05) is 23.7 Å². The summed E-state index contributed by atoms with van der Waals surface area (Å²) < 4.78 is 29.8. The third kappa shape index (κ3) is 4.28. The van der Waals surface area contributed by atoms with E-state index in [9.17, 15) is 13.6 Å². The monoisotopic (exact) mass is 423 g/mol. The Hall–Kier alpha value is -1.41. The van der Waals surface area contributed by atoms with Gasteiger partial charge in [-0.3, -0.25) is 4.79 Å². The zero-order valence-corrected chi connectivity index (χ0v) is 13.4. The van der Waals surface area contributed by atoms with Crippen LogP contribution in [0.3, 0.4) is 0 Å². The van der Waals surface area contributed by atoms with Gasteiger partial charge < -0.3 is 10.1 Å². The molecule has 0 radical (unpaired) electrons. The first-order valence-electron chi connectivity index (χ1n) is 5.77. The van der Waals surface area contributed by atoms with E-state index in [0.29, 0.717) is 0 Å². The van der Waals surface area contributed by atoms with E-state index in [1.54, 1.807) is 24.3 Å². The predicted molar refractivity (Wildman–Crippen MR) is 85.2 cm³/mol. The SMILES string of the molecule is O=C(Nc1ccccc1OC(F)F)c1cc(I)ccc1Cl. The molecule has 0 spiro atoms. The average Bonchev–Trinajstić information content (AvgIpc) is 2.43. The van der Waals surface area contributed by atoms with Gasteiger partial charge in [0.2, 0.25) is 0 Å². The van der Waals surface area contributed by atoms with Gasteiger partial charge in [0.15, 0.2) is 0 Å². The highest BCUT2D eigenvalue weighted by molar-refractivity contribution is 14.1. The first-order chi connectivity index (χ1) is 9.97. The van der Waals surface area contributed by atoms with Crippen molar-refractivity contribution in [1.82, 2.24) is 0 Å². The second kappa shape index (κ2) is 7.04. The first-order valence-corrected chi connectivity index (χ1v) is 7.23. The molecule has 3 nitrogen and oxygen atoms in total. The summed E-state index contributed by atoms with van der Waals surface area (Å²) >= 11 is 8.01. The number of ether oxygens (including phenoxy) is 1. The third-order valence-electron chi connectivity index (χ3n) is 2.52. The van der Waals surface area contributed by atoms with Gasteiger partial charge >= 0.3 is 6.61 Å². The van der Waals surface area contributed by atoms with Gasteiger partial charge in [0.1, 0.15) is 5.75 Å². The summed E-state index contributed by atoms with van der Waals surface area (Å²) in [6.07, 6.45) is 0. The fraction of sp³-hybridized carbons (Fsp3) is 0.0714. The lowest BCUT2D eigenvalue weighted by Crippen LogP contribution is -2.14. The molecular formula is C14H9ClF2INO2. The maximum absolute atomic E-state index is 12.3. The lowest BCUT2D eigenvalue weighted by molar-refractivity contribution is -0.0493. The van der Waals surface area contributed by atoms with Gasteiger partial charge in [0, 0.05) is 3.57 Å². The van der Waals surface area contributed by atoms with Crippen LogP contribution in [0, 0.1) is 3.57 Å². The molecule has 2 rings (SSSR count). The number of rotatable bonds is 4. The molecule has 1 N–H and O–H groups in total. The fourth-order valence-electron chi connectivity index (χ4n) is 1.63. The van der Waals surface area contributed by atoms with Crippen molar-refractivity contribution in [2.45, 2.75) is 6.61 Å². The van der Waals surface area contributed by atoms with Crippen LogP contribution in [0.1, 0.15) is 10.4 Å². The summed E-state index contributed by atoms with van der Waals surface area (Å²) in [4.78, 5) is 12.2. The van der Waals surface area contributed by atoms with E-state index in [0.717, 1.165) is 3.57 Å². The van der Waals surface area contributed by atoms with E-state index in [-0.39, 0.29) is 22.0 Å². The van der Waals surface area contributed by atoms with Crippen LogP contribution < -0.4 is 10.1 Å². The molecule has 0 saturated heterocycles. The molecule has 21 heavy (non-hydrogen) atoms. The molecule has 1 amide bonds. The number of para-hydroxylation sites is 2. The number of halogens is 4. The van der Waals surface area contributed by atoms with Crippen molar-refractivity contribution < 1.29 is 18.3 Å². The van der Waals surface area contributed by atoms with Crippen molar-refractivity contribution in [2.75, 3.05) is 5.32 Å². The maximum atomic E-state index is 12.3. The summed E-state index contributed by atoms with van der Waals surface area (Å²) in [6, 6.07) is 10.9. The van der Waals surface area contributed by atoms with Crippen molar-refractivity contribution in [1.29, 1.82) is 0 Å². The summed E-state index contributed by atoms with van der Waals surface area (Å²) in [6.45, 7) is -2.97. The quantitative estimate of drug-likeness (QED) is 0.718. The van der Waals surface area contributed by atoms with E-state index in [1.807, 2.05) is 22.6 Å². The Morgan fingerprint density at radius 2 is 1.95 bits per heavy atom. The molecule has 0 unspecified atom stereocenters. The van der Waals surface area contributed by atoms with Crippen LogP contribution in [-0.4, -0.2) is 12.5 Å². The van der Waals surface area contributed by atoms with Gasteiger partial charge in [-0.05, 0) is 52.9 Å². The molecule has 0 aliphatic carbocycles. The molecule has 0 atom stereocenters. The largest absolute Gasteiger partial charge is 0.433 e. The van der Waals surface area contributed by atoms with E-state index in [2.05, 4.69) is 10.1 Å². The number of amides is 1. The molecule has 2 aromatic rings. The molecule has 0 aromatic heterocycles.